The molecule has 7 nitrogen and oxygen atoms in total. The van der Waals surface area contributed by atoms with Crippen LogP contribution in [0.15, 0.2) is 72.9 Å². The summed E-state index contributed by atoms with van der Waals surface area (Å²) < 4.78 is 31.1. The van der Waals surface area contributed by atoms with Crippen LogP contribution in [0.1, 0.15) is 25.3 Å². The third kappa shape index (κ3) is 13.1. The second-order valence-corrected chi connectivity index (χ2v) is 6.61. The summed E-state index contributed by atoms with van der Waals surface area (Å²) in [6, 6.07) is 9.08. The van der Waals surface area contributed by atoms with Crippen LogP contribution in [0.5, 0.6) is 0 Å². The quantitative estimate of drug-likeness (QED) is 0.157. The molecule has 0 aliphatic heterocycles. The van der Waals surface area contributed by atoms with Crippen molar-refractivity contribution in [2.75, 3.05) is 6.61 Å². The van der Waals surface area contributed by atoms with E-state index in [2.05, 4.69) is 17.3 Å². The number of benzene rings is 1. The van der Waals surface area contributed by atoms with E-state index in [1.807, 2.05) is 25.1 Å². The van der Waals surface area contributed by atoms with E-state index in [0.717, 1.165) is 42.2 Å². The van der Waals surface area contributed by atoms with Crippen LogP contribution < -0.4 is 0 Å². The highest BCUT2D eigenvalue weighted by Gasteiger charge is 2.04. The molecular weight excluding hydrogens is 384 g/mol. The van der Waals surface area contributed by atoms with E-state index in [9.17, 15) is 18.0 Å². The van der Waals surface area contributed by atoms with E-state index >= 15 is 0 Å². The normalized spacial score (nSPS) is 10.8. The number of hydrogen-bond acceptors (Lipinski definition) is 6. The summed E-state index contributed by atoms with van der Waals surface area (Å²) in [6.45, 7) is 8.87. The van der Waals surface area contributed by atoms with Gasteiger partial charge in [-0.15, -0.1) is 0 Å². The van der Waals surface area contributed by atoms with Gasteiger partial charge >= 0.3 is 22.1 Å². The first-order chi connectivity index (χ1) is 13.2. The van der Waals surface area contributed by atoms with Gasteiger partial charge < -0.3 is 14.0 Å². The highest BCUT2D eigenvalue weighted by molar-refractivity contribution is 7.89. The number of rotatable bonds is 10. The molecule has 0 saturated heterocycles. The Hall–Kier alpha value is -3.13. The summed E-state index contributed by atoms with van der Waals surface area (Å²) in [4.78, 5) is 21.2. The second-order valence-electron chi connectivity index (χ2n) is 5.16. The molecule has 0 aliphatic rings. The number of carboxylic acid groups (broad SMARTS) is 1. The minimum Gasteiger partial charge on any atom is -0.478 e. The molecule has 0 fully saturated rings. The summed E-state index contributed by atoms with van der Waals surface area (Å²) in [5, 5.41) is 9.27. The Morgan fingerprint density at radius 1 is 1.18 bits per heavy atom. The number of carboxylic acids is 1. The van der Waals surface area contributed by atoms with Gasteiger partial charge in [0.05, 0.1) is 23.9 Å². The average molecular weight is 408 g/mol. The molecule has 0 radical (unpaired) electrons. The molecule has 0 spiro atoms. The van der Waals surface area contributed by atoms with Crippen LogP contribution in [0.2, 0.25) is 0 Å². The number of ether oxygens (including phenoxy) is 1. The first kappa shape index (κ1) is 24.9. The summed E-state index contributed by atoms with van der Waals surface area (Å²) >= 11 is 0. The van der Waals surface area contributed by atoms with E-state index in [4.69, 9.17) is 9.84 Å². The lowest BCUT2D eigenvalue weighted by Gasteiger charge is -2.02. The number of carbonyl (C=O) groups excluding carboxylic acids is 1. The minimum atomic E-state index is -3.63. The topological polar surface area (TPSA) is 107 Å². The number of hydrogen-bond donors (Lipinski definition) is 1. The fraction of sp³-hybridized carbons (Fsp3) is 0.200. The van der Waals surface area contributed by atoms with Gasteiger partial charge in [0, 0.05) is 6.08 Å². The molecule has 0 aliphatic carbocycles. The fourth-order valence-electron chi connectivity index (χ4n) is 1.49. The van der Waals surface area contributed by atoms with Crippen molar-refractivity contribution in [1.29, 1.82) is 0 Å². The van der Waals surface area contributed by atoms with Gasteiger partial charge in [0.2, 0.25) is 0 Å². The Morgan fingerprint density at radius 3 is 2.36 bits per heavy atom. The molecule has 0 atom stereocenters. The zero-order chi connectivity index (χ0) is 21.4. The average Bonchev–Trinajstić information content (AvgIpc) is 2.66. The maximum Gasteiger partial charge on any atom is 0.337 e. The minimum absolute atomic E-state index is 0.0449. The Balaban J connectivity index is 0.000000521. The molecule has 0 unspecified atom stereocenters. The Morgan fingerprint density at radius 2 is 1.82 bits per heavy atom. The van der Waals surface area contributed by atoms with Crippen molar-refractivity contribution in [1.82, 2.24) is 0 Å². The van der Waals surface area contributed by atoms with E-state index in [1.165, 1.54) is 6.08 Å². The number of carbonyl (C=O) groups is 2. The third-order valence-corrected chi connectivity index (χ3v) is 3.72. The molecule has 152 valence electrons. The molecule has 1 rings (SSSR count). The molecule has 0 heterocycles. The Kier molecular flexibility index (Phi) is 12.4. The summed E-state index contributed by atoms with van der Waals surface area (Å²) in [7, 11) is -3.63. The summed E-state index contributed by atoms with van der Waals surface area (Å²) in [6.07, 6.45) is 6.04. The predicted octanol–water partition coefficient (Wildman–Crippen LogP) is 3.67. The molecule has 8 heteroatoms. The molecule has 0 saturated carbocycles. The van der Waals surface area contributed by atoms with Crippen molar-refractivity contribution in [2.45, 2.75) is 19.8 Å². The highest BCUT2D eigenvalue weighted by atomic mass is 32.2. The smallest absolute Gasteiger partial charge is 0.337 e. The lowest BCUT2D eigenvalue weighted by atomic mass is 10.2. The van der Waals surface area contributed by atoms with E-state index in [0.29, 0.717) is 6.61 Å². The monoisotopic (exact) mass is 408 g/mol. The van der Waals surface area contributed by atoms with Gasteiger partial charge in [0.15, 0.2) is 0 Å². The van der Waals surface area contributed by atoms with Gasteiger partial charge in [0.1, 0.15) is 0 Å². The highest BCUT2D eigenvalue weighted by Crippen LogP contribution is 2.04. The van der Waals surface area contributed by atoms with Crippen LogP contribution in [-0.2, 0) is 28.6 Å². The predicted molar refractivity (Wildman–Crippen MR) is 107 cm³/mol. The number of aliphatic carboxylic acids is 1. The molecule has 0 amide bonds. The van der Waals surface area contributed by atoms with Crippen LogP contribution in [0.4, 0.5) is 0 Å². The van der Waals surface area contributed by atoms with Gasteiger partial charge in [-0.2, -0.15) is 8.42 Å². The molecule has 0 bridgehead atoms. The van der Waals surface area contributed by atoms with Crippen molar-refractivity contribution in [3.05, 3.63) is 78.4 Å². The van der Waals surface area contributed by atoms with E-state index in [-0.39, 0.29) is 5.57 Å². The standard InChI is InChI=1S/C10H14O4.C10H10O3S/c1-3-4-7-14-10(13)8(2)5-6-9(11)12;1-2-13-14(11,12)9-8-10-6-4-3-5-7-10/h5-6H,2-4,7H2,1H3,(H,11,12);2-9H,1H2. The Bertz CT molecular complexity index is 806. The van der Waals surface area contributed by atoms with Gasteiger partial charge in [0.25, 0.3) is 0 Å². The molecular formula is C20H24O7S. The van der Waals surface area contributed by atoms with Crippen LogP contribution in [0, 0.1) is 0 Å². The largest absolute Gasteiger partial charge is 0.478 e. The van der Waals surface area contributed by atoms with Crippen molar-refractivity contribution >= 4 is 28.1 Å². The summed E-state index contributed by atoms with van der Waals surface area (Å²) in [5.74, 6) is -1.69. The maximum atomic E-state index is 11.1. The van der Waals surface area contributed by atoms with Crippen LogP contribution >= 0.6 is 0 Å². The van der Waals surface area contributed by atoms with Gasteiger partial charge in [-0.25, -0.2) is 9.59 Å². The molecule has 1 aromatic carbocycles. The number of unbranched alkanes of at least 4 members (excludes halogenated alkanes) is 1. The second kappa shape index (κ2) is 14.0. The van der Waals surface area contributed by atoms with Crippen molar-refractivity contribution in [3.63, 3.8) is 0 Å². The summed E-state index contributed by atoms with van der Waals surface area (Å²) in [5.41, 5.74) is 0.840. The molecule has 1 N–H and O–H groups in total. The fourth-order valence-corrected chi connectivity index (χ4v) is 2.07. The third-order valence-electron chi connectivity index (χ3n) is 2.85. The first-order valence-electron chi connectivity index (χ1n) is 8.26. The lowest BCUT2D eigenvalue weighted by Crippen LogP contribution is -2.07. The van der Waals surface area contributed by atoms with Crippen LogP contribution in [-0.4, -0.2) is 32.1 Å². The lowest BCUT2D eigenvalue weighted by molar-refractivity contribution is -0.138. The molecule has 0 aromatic heterocycles. The van der Waals surface area contributed by atoms with Gasteiger partial charge in [-0.1, -0.05) is 56.8 Å². The Labute approximate surface area is 165 Å². The zero-order valence-corrected chi connectivity index (χ0v) is 16.4. The maximum absolute atomic E-state index is 11.1. The molecule has 28 heavy (non-hydrogen) atoms. The van der Waals surface area contributed by atoms with Crippen LogP contribution in [0.25, 0.3) is 6.08 Å². The zero-order valence-electron chi connectivity index (χ0n) is 15.6. The molecule has 1 aromatic rings. The van der Waals surface area contributed by atoms with Gasteiger partial charge in [-0.05, 0) is 24.1 Å². The van der Waals surface area contributed by atoms with Gasteiger partial charge in [-0.3, -0.25) is 0 Å². The first-order valence-corrected chi connectivity index (χ1v) is 9.73. The van der Waals surface area contributed by atoms with Crippen molar-refractivity contribution in [2.24, 2.45) is 0 Å². The SMILES string of the molecule is C=C(C=CC(=O)O)C(=O)OCCCC.C=COS(=O)(=O)C=Cc1ccccc1. The van der Waals surface area contributed by atoms with Crippen molar-refractivity contribution in [3.8, 4) is 0 Å². The van der Waals surface area contributed by atoms with E-state index < -0.39 is 22.1 Å². The van der Waals surface area contributed by atoms with Crippen molar-refractivity contribution < 1.29 is 32.0 Å². The number of esters is 1. The van der Waals surface area contributed by atoms with Crippen LogP contribution in [0.3, 0.4) is 0 Å². The van der Waals surface area contributed by atoms with E-state index in [1.54, 1.807) is 12.1 Å².